The van der Waals surface area contributed by atoms with E-state index in [2.05, 4.69) is 75.7 Å². The molecule has 1 fully saturated rings. The third kappa shape index (κ3) is 3.08. The molecule has 168 valence electrons. The van der Waals surface area contributed by atoms with Gasteiger partial charge in [-0.25, -0.2) is 4.57 Å². The van der Waals surface area contributed by atoms with Crippen molar-refractivity contribution in [2.75, 3.05) is 0 Å². The normalized spacial score (nSPS) is 16.2. The van der Waals surface area contributed by atoms with Gasteiger partial charge < -0.3 is 4.74 Å². The summed E-state index contributed by atoms with van der Waals surface area (Å²) in [6.07, 6.45) is 8.53. The second-order valence-corrected chi connectivity index (χ2v) is 11.1. The SMILES string of the molecule is Cc1c2c(c(C(C)(C)C)c3ccccc13)Oc1cc(C3CCCCC3)cc3nc[n+](C)c-2c13. The molecule has 0 amide bonds. The molecule has 0 bridgehead atoms. The van der Waals surface area contributed by atoms with Gasteiger partial charge in [0.05, 0.1) is 12.6 Å². The van der Waals surface area contributed by atoms with Gasteiger partial charge in [0.25, 0.3) is 6.33 Å². The Morgan fingerprint density at radius 3 is 2.45 bits per heavy atom. The highest BCUT2D eigenvalue weighted by molar-refractivity contribution is 6.06. The fourth-order valence-corrected chi connectivity index (χ4v) is 6.22. The summed E-state index contributed by atoms with van der Waals surface area (Å²) < 4.78 is 9.11. The van der Waals surface area contributed by atoms with Gasteiger partial charge in [0, 0.05) is 5.56 Å². The van der Waals surface area contributed by atoms with Crippen LogP contribution in [0.25, 0.3) is 32.9 Å². The molecule has 0 atom stereocenters. The van der Waals surface area contributed by atoms with Gasteiger partial charge in [-0.1, -0.05) is 64.3 Å². The van der Waals surface area contributed by atoms with Crippen LogP contribution in [0.1, 0.15) is 75.5 Å². The van der Waals surface area contributed by atoms with Crippen LogP contribution in [0, 0.1) is 6.92 Å². The number of aromatic nitrogens is 2. The number of hydrogen-bond donors (Lipinski definition) is 0. The Morgan fingerprint density at radius 2 is 1.73 bits per heavy atom. The van der Waals surface area contributed by atoms with Gasteiger partial charge in [0.2, 0.25) is 0 Å². The summed E-state index contributed by atoms with van der Waals surface area (Å²) in [6, 6.07) is 13.4. The summed E-state index contributed by atoms with van der Waals surface area (Å²) in [7, 11) is 2.11. The van der Waals surface area contributed by atoms with Crippen molar-refractivity contribution in [3.05, 3.63) is 59.4 Å². The molecule has 4 aromatic rings. The van der Waals surface area contributed by atoms with Gasteiger partial charge in [-0.05, 0) is 70.1 Å². The third-order valence-corrected chi connectivity index (χ3v) is 7.77. The molecule has 0 radical (unpaired) electrons. The fourth-order valence-electron chi connectivity index (χ4n) is 6.22. The van der Waals surface area contributed by atoms with Crippen molar-refractivity contribution in [2.45, 2.75) is 71.1 Å². The maximum absolute atomic E-state index is 6.93. The minimum atomic E-state index is -0.0550. The first-order chi connectivity index (χ1) is 15.8. The highest BCUT2D eigenvalue weighted by Crippen LogP contribution is 2.53. The van der Waals surface area contributed by atoms with Crippen molar-refractivity contribution >= 4 is 21.7 Å². The molecule has 1 aliphatic heterocycles. The van der Waals surface area contributed by atoms with E-state index in [-0.39, 0.29) is 5.41 Å². The summed E-state index contributed by atoms with van der Waals surface area (Å²) in [5.74, 6) is 2.61. The molecule has 0 N–H and O–H groups in total. The number of ether oxygens (including phenoxy) is 1. The first-order valence-corrected chi connectivity index (χ1v) is 12.4. The van der Waals surface area contributed by atoms with Gasteiger partial charge in [0.1, 0.15) is 16.9 Å². The number of hydrogen-bond acceptors (Lipinski definition) is 2. The Balaban J connectivity index is 1.72. The van der Waals surface area contributed by atoms with Crippen LogP contribution in [0.2, 0.25) is 0 Å². The molecular formula is C30H33N2O+. The predicted octanol–water partition coefficient (Wildman–Crippen LogP) is 7.64. The minimum Gasteiger partial charge on any atom is -0.455 e. The van der Waals surface area contributed by atoms with E-state index in [0.717, 1.165) is 22.4 Å². The highest BCUT2D eigenvalue weighted by atomic mass is 16.5. The van der Waals surface area contributed by atoms with Crippen molar-refractivity contribution in [3.8, 4) is 22.8 Å². The number of nitrogens with zero attached hydrogens (tertiary/aromatic N) is 2. The Bertz CT molecular complexity index is 1420. The van der Waals surface area contributed by atoms with E-state index in [1.54, 1.807) is 0 Å². The molecule has 6 rings (SSSR count). The van der Waals surface area contributed by atoms with E-state index in [1.165, 1.54) is 70.8 Å². The number of benzene rings is 3. The zero-order chi connectivity index (χ0) is 22.9. The smallest absolute Gasteiger partial charge is 0.287 e. The number of aryl methyl sites for hydroxylation is 2. The van der Waals surface area contributed by atoms with Gasteiger partial charge in [-0.15, -0.1) is 0 Å². The fraction of sp³-hybridized carbons (Fsp3) is 0.400. The average Bonchev–Trinajstić information content (AvgIpc) is 2.80. The lowest BCUT2D eigenvalue weighted by Gasteiger charge is -2.31. The van der Waals surface area contributed by atoms with Crippen molar-refractivity contribution in [3.63, 3.8) is 0 Å². The van der Waals surface area contributed by atoms with E-state index >= 15 is 0 Å². The standard InChI is InChI=1S/C30H33N2O/c1-18-21-13-9-10-14-22(21)27(30(2,3)4)29-25(18)28-26-23(31-17-32(28)5)15-20(16-24(26)33-29)19-11-7-6-8-12-19/h9-10,13-17,19H,6-8,11-12H2,1-5H3/q+1. The first kappa shape index (κ1) is 20.7. The molecule has 1 aliphatic carbocycles. The van der Waals surface area contributed by atoms with Gasteiger partial charge in [0.15, 0.2) is 11.2 Å². The summed E-state index contributed by atoms with van der Waals surface area (Å²) in [6.45, 7) is 9.13. The molecule has 0 saturated heterocycles. The predicted molar refractivity (Wildman–Crippen MR) is 135 cm³/mol. The molecule has 33 heavy (non-hydrogen) atoms. The lowest BCUT2D eigenvalue weighted by Crippen LogP contribution is -2.33. The van der Waals surface area contributed by atoms with Crippen LogP contribution < -0.4 is 9.30 Å². The van der Waals surface area contributed by atoms with Gasteiger partial charge in [-0.2, -0.15) is 0 Å². The Hall–Kier alpha value is -2.94. The zero-order valence-corrected chi connectivity index (χ0v) is 20.5. The maximum Gasteiger partial charge on any atom is 0.287 e. The van der Waals surface area contributed by atoms with E-state index in [4.69, 9.17) is 9.72 Å². The molecule has 1 aromatic heterocycles. The average molecular weight is 438 g/mol. The largest absolute Gasteiger partial charge is 0.455 e. The Morgan fingerprint density at radius 1 is 1.00 bits per heavy atom. The van der Waals surface area contributed by atoms with Gasteiger partial charge >= 0.3 is 0 Å². The molecular weight excluding hydrogens is 404 g/mol. The van der Waals surface area contributed by atoms with E-state index in [9.17, 15) is 0 Å². The van der Waals surface area contributed by atoms with Gasteiger partial charge in [-0.3, -0.25) is 0 Å². The Labute approximate surface area is 196 Å². The monoisotopic (exact) mass is 437 g/mol. The molecule has 0 spiro atoms. The quantitative estimate of drug-likeness (QED) is 0.252. The van der Waals surface area contributed by atoms with E-state index in [1.807, 2.05) is 6.33 Å². The molecule has 1 saturated carbocycles. The molecule has 0 unspecified atom stereocenters. The number of rotatable bonds is 1. The van der Waals surface area contributed by atoms with Crippen LogP contribution in [0.15, 0.2) is 42.7 Å². The minimum absolute atomic E-state index is 0.0550. The molecule has 2 heterocycles. The molecule has 2 aliphatic rings. The van der Waals surface area contributed by atoms with Crippen molar-refractivity contribution < 1.29 is 9.30 Å². The molecule has 3 heteroatoms. The van der Waals surface area contributed by atoms with Crippen molar-refractivity contribution in [1.29, 1.82) is 0 Å². The van der Waals surface area contributed by atoms with Crippen LogP contribution in [0.4, 0.5) is 0 Å². The second-order valence-electron chi connectivity index (χ2n) is 11.1. The van der Waals surface area contributed by atoms with Crippen LogP contribution in [0.5, 0.6) is 11.5 Å². The molecule has 3 aromatic carbocycles. The topological polar surface area (TPSA) is 26.0 Å². The lowest BCUT2D eigenvalue weighted by atomic mass is 9.78. The zero-order valence-electron chi connectivity index (χ0n) is 20.5. The second kappa shape index (κ2) is 7.28. The van der Waals surface area contributed by atoms with Crippen LogP contribution in [-0.4, -0.2) is 4.98 Å². The van der Waals surface area contributed by atoms with E-state index in [0.29, 0.717) is 5.92 Å². The summed E-state index contributed by atoms with van der Waals surface area (Å²) in [4.78, 5) is 4.86. The van der Waals surface area contributed by atoms with Crippen LogP contribution >= 0.6 is 0 Å². The summed E-state index contributed by atoms with van der Waals surface area (Å²) >= 11 is 0. The first-order valence-electron chi connectivity index (χ1n) is 12.4. The molecule has 3 nitrogen and oxygen atoms in total. The summed E-state index contributed by atoms with van der Waals surface area (Å²) in [5.41, 5.74) is 7.39. The highest BCUT2D eigenvalue weighted by Gasteiger charge is 2.35. The van der Waals surface area contributed by atoms with Crippen molar-refractivity contribution in [1.82, 2.24) is 4.98 Å². The number of fused-ring (bicyclic) bond motifs is 3. The van der Waals surface area contributed by atoms with E-state index < -0.39 is 0 Å². The third-order valence-electron chi connectivity index (χ3n) is 7.77. The van der Waals surface area contributed by atoms with Crippen molar-refractivity contribution in [2.24, 2.45) is 7.05 Å². The van der Waals surface area contributed by atoms with Crippen LogP contribution in [-0.2, 0) is 12.5 Å². The Kier molecular flexibility index (Phi) is 4.56. The van der Waals surface area contributed by atoms with Crippen LogP contribution in [0.3, 0.4) is 0 Å². The lowest BCUT2D eigenvalue weighted by molar-refractivity contribution is -0.662. The maximum atomic E-state index is 6.93. The summed E-state index contributed by atoms with van der Waals surface area (Å²) in [5, 5.41) is 3.74.